The van der Waals surface area contributed by atoms with Gasteiger partial charge in [-0.25, -0.2) is 0 Å². The van der Waals surface area contributed by atoms with E-state index in [-0.39, 0.29) is 18.3 Å². The van der Waals surface area contributed by atoms with Crippen LogP contribution >= 0.6 is 0 Å². The Kier molecular flexibility index (Phi) is 5.03. The maximum absolute atomic E-state index is 11.2. The van der Waals surface area contributed by atoms with E-state index >= 15 is 0 Å². The quantitative estimate of drug-likeness (QED) is 0.572. The molecular weight excluding hydrogens is 316 g/mol. The fourth-order valence-electron chi connectivity index (χ4n) is 5.92. The van der Waals surface area contributed by atoms with Crippen LogP contribution in [0.3, 0.4) is 0 Å². The van der Waals surface area contributed by atoms with Crippen molar-refractivity contribution in [1.29, 1.82) is 0 Å². The largest absolute Gasteiger partial charge is 0.468 e. The van der Waals surface area contributed by atoms with Crippen LogP contribution in [-0.2, 0) is 9.47 Å². The van der Waals surface area contributed by atoms with Crippen LogP contribution in [0.1, 0.15) is 50.2 Å². The average molecular weight is 346 g/mol. The standard InChI is InChI=1S/C21H30O4/c1-23-6-7-24-14-25-19-4-2-18(3-5-19)20(22)21-11-15-8-16(12-21)10-17(9-15)13-21/h2-5,15-17,20,22H,6-14H2,1H3. The minimum atomic E-state index is -0.340. The first-order chi connectivity index (χ1) is 12.2. The van der Waals surface area contributed by atoms with Gasteiger partial charge in [-0.1, -0.05) is 12.1 Å². The molecule has 0 aromatic heterocycles. The highest BCUT2D eigenvalue weighted by atomic mass is 16.7. The molecular formula is C21H30O4. The molecule has 1 aromatic carbocycles. The van der Waals surface area contributed by atoms with E-state index in [1.165, 1.54) is 38.5 Å². The molecule has 1 unspecified atom stereocenters. The Morgan fingerprint density at radius 1 is 1.00 bits per heavy atom. The lowest BCUT2D eigenvalue weighted by molar-refractivity contribution is -0.122. The highest BCUT2D eigenvalue weighted by Crippen LogP contribution is 2.64. The molecule has 4 aliphatic rings. The summed E-state index contributed by atoms with van der Waals surface area (Å²) in [5.74, 6) is 3.34. The average Bonchev–Trinajstić information content (AvgIpc) is 2.60. The Hall–Kier alpha value is -1.10. The van der Waals surface area contributed by atoms with Gasteiger partial charge in [0.2, 0.25) is 0 Å². The van der Waals surface area contributed by atoms with Gasteiger partial charge in [-0.2, -0.15) is 0 Å². The molecule has 138 valence electrons. The molecule has 4 nitrogen and oxygen atoms in total. The van der Waals surface area contributed by atoms with E-state index in [0.717, 1.165) is 29.1 Å². The minimum Gasteiger partial charge on any atom is -0.468 e. The van der Waals surface area contributed by atoms with Crippen LogP contribution in [0.5, 0.6) is 5.75 Å². The summed E-state index contributed by atoms with van der Waals surface area (Å²) < 4.78 is 15.8. The van der Waals surface area contributed by atoms with Crippen LogP contribution in [0.25, 0.3) is 0 Å². The molecule has 4 fully saturated rings. The normalized spacial score (nSPS) is 34.2. The van der Waals surface area contributed by atoms with Gasteiger partial charge in [-0.05, 0) is 74.0 Å². The molecule has 0 aliphatic heterocycles. The van der Waals surface area contributed by atoms with Gasteiger partial charge in [0.25, 0.3) is 0 Å². The second-order valence-corrected chi connectivity index (χ2v) is 8.41. The maximum Gasteiger partial charge on any atom is 0.189 e. The van der Waals surface area contributed by atoms with Crippen LogP contribution in [0, 0.1) is 23.2 Å². The van der Waals surface area contributed by atoms with Gasteiger partial charge < -0.3 is 19.3 Å². The fraction of sp³-hybridized carbons (Fsp3) is 0.714. The van der Waals surface area contributed by atoms with Gasteiger partial charge in [-0.15, -0.1) is 0 Å². The molecule has 4 bridgehead atoms. The first-order valence-corrected chi connectivity index (χ1v) is 9.66. The molecule has 4 aliphatic carbocycles. The van der Waals surface area contributed by atoms with Crippen LogP contribution in [0.2, 0.25) is 0 Å². The van der Waals surface area contributed by atoms with Gasteiger partial charge in [0.1, 0.15) is 5.75 Å². The highest BCUT2D eigenvalue weighted by Gasteiger charge is 2.54. The SMILES string of the molecule is COCCOCOc1ccc(C(O)C23CC4CC(CC(C4)C2)C3)cc1. The lowest BCUT2D eigenvalue weighted by Crippen LogP contribution is -2.48. The number of methoxy groups -OCH3 is 1. The van der Waals surface area contributed by atoms with Crippen molar-refractivity contribution in [1.82, 2.24) is 0 Å². The Labute approximate surface area is 150 Å². The lowest BCUT2D eigenvalue weighted by atomic mass is 9.47. The predicted octanol–water partition coefficient (Wildman–Crippen LogP) is 3.94. The van der Waals surface area contributed by atoms with E-state index in [9.17, 15) is 5.11 Å². The van der Waals surface area contributed by atoms with Crippen molar-refractivity contribution in [2.24, 2.45) is 23.2 Å². The van der Waals surface area contributed by atoms with Crippen LogP contribution < -0.4 is 4.74 Å². The number of aliphatic hydroxyl groups excluding tert-OH is 1. The molecule has 4 saturated carbocycles. The summed E-state index contributed by atoms with van der Waals surface area (Å²) in [5, 5.41) is 11.2. The molecule has 25 heavy (non-hydrogen) atoms. The molecule has 5 rings (SSSR count). The monoisotopic (exact) mass is 346 g/mol. The predicted molar refractivity (Wildman–Crippen MR) is 95.3 cm³/mol. The Balaban J connectivity index is 1.37. The number of hydrogen-bond acceptors (Lipinski definition) is 4. The van der Waals surface area contributed by atoms with Crippen molar-refractivity contribution in [2.45, 2.75) is 44.6 Å². The molecule has 1 aromatic rings. The van der Waals surface area contributed by atoms with E-state index in [2.05, 4.69) is 0 Å². The van der Waals surface area contributed by atoms with Crippen LogP contribution in [-0.4, -0.2) is 32.2 Å². The molecule has 1 N–H and O–H groups in total. The van der Waals surface area contributed by atoms with Gasteiger partial charge >= 0.3 is 0 Å². The van der Waals surface area contributed by atoms with E-state index < -0.39 is 0 Å². The van der Waals surface area contributed by atoms with Gasteiger partial charge in [0.15, 0.2) is 6.79 Å². The highest BCUT2D eigenvalue weighted by molar-refractivity contribution is 5.30. The molecule has 4 heteroatoms. The van der Waals surface area contributed by atoms with Gasteiger partial charge in [-0.3, -0.25) is 0 Å². The van der Waals surface area contributed by atoms with Crippen molar-refractivity contribution < 1.29 is 19.3 Å². The lowest BCUT2D eigenvalue weighted by Gasteiger charge is -2.58. The first-order valence-electron chi connectivity index (χ1n) is 9.66. The third-order valence-corrected chi connectivity index (χ3v) is 6.60. The van der Waals surface area contributed by atoms with E-state index in [1.54, 1.807) is 7.11 Å². The van der Waals surface area contributed by atoms with E-state index in [1.807, 2.05) is 24.3 Å². The summed E-state index contributed by atoms with van der Waals surface area (Å²) in [6, 6.07) is 7.93. The first kappa shape index (κ1) is 17.3. The summed E-state index contributed by atoms with van der Waals surface area (Å²) >= 11 is 0. The zero-order valence-corrected chi connectivity index (χ0v) is 15.2. The topological polar surface area (TPSA) is 47.9 Å². The molecule has 0 radical (unpaired) electrons. The second-order valence-electron chi connectivity index (χ2n) is 8.41. The molecule has 0 saturated heterocycles. The van der Waals surface area contributed by atoms with Crippen molar-refractivity contribution in [3.8, 4) is 5.75 Å². The summed E-state index contributed by atoms with van der Waals surface area (Å²) in [6.45, 7) is 1.32. The van der Waals surface area contributed by atoms with Crippen LogP contribution in [0.4, 0.5) is 0 Å². The third-order valence-electron chi connectivity index (χ3n) is 6.60. The van der Waals surface area contributed by atoms with E-state index in [4.69, 9.17) is 14.2 Å². The fourth-order valence-corrected chi connectivity index (χ4v) is 5.92. The zero-order valence-electron chi connectivity index (χ0n) is 15.2. The Morgan fingerprint density at radius 3 is 2.16 bits per heavy atom. The number of benzene rings is 1. The van der Waals surface area contributed by atoms with Gasteiger partial charge in [0.05, 0.1) is 19.3 Å². The molecule has 0 heterocycles. The number of rotatable bonds is 8. The molecule has 0 spiro atoms. The Bertz CT molecular complexity index is 532. The number of ether oxygens (including phenoxy) is 3. The number of hydrogen-bond donors (Lipinski definition) is 1. The zero-order chi connectivity index (χ0) is 17.3. The molecule has 0 amide bonds. The second kappa shape index (κ2) is 7.26. The minimum absolute atomic E-state index is 0.125. The summed E-state index contributed by atoms with van der Waals surface area (Å²) in [6.07, 6.45) is 7.52. The maximum atomic E-state index is 11.2. The van der Waals surface area contributed by atoms with Gasteiger partial charge in [0, 0.05) is 12.5 Å². The van der Waals surface area contributed by atoms with Crippen molar-refractivity contribution >= 4 is 0 Å². The van der Waals surface area contributed by atoms with Crippen molar-refractivity contribution in [2.75, 3.05) is 27.1 Å². The van der Waals surface area contributed by atoms with Crippen molar-refractivity contribution in [3.05, 3.63) is 29.8 Å². The van der Waals surface area contributed by atoms with Crippen molar-refractivity contribution in [3.63, 3.8) is 0 Å². The smallest absolute Gasteiger partial charge is 0.189 e. The summed E-state index contributed by atoms with van der Waals surface area (Å²) in [4.78, 5) is 0. The third kappa shape index (κ3) is 3.57. The summed E-state index contributed by atoms with van der Waals surface area (Å²) in [7, 11) is 1.65. The summed E-state index contributed by atoms with van der Waals surface area (Å²) in [5.41, 5.74) is 1.16. The molecule has 1 atom stereocenters. The number of aliphatic hydroxyl groups is 1. The van der Waals surface area contributed by atoms with Crippen LogP contribution in [0.15, 0.2) is 24.3 Å². The van der Waals surface area contributed by atoms with E-state index in [0.29, 0.717) is 13.2 Å². The Morgan fingerprint density at radius 2 is 1.60 bits per heavy atom.